The lowest BCUT2D eigenvalue weighted by atomic mass is 10.2. The largest absolute Gasteiger partial charge is 0.459 e. The number of hydrogen-bond acceptors (Lipinski definition) is 5. The zero-order valence-corrected chi connectivity index (χ0v) is 13.1. The van der Waals surface area contributed by atoms with Crippen molar-refractivity contribution in [2.75, 3.05) is 6.61 Å². The first-order valence-electron chi connectivity index (χ1n) is 7.86. The van der Waals surface area contributed by atoms with Gasteiger partial charge in [0.2, 0.25) is 6.29 Å². The fraction of sp³-hybridized carbons (Fsp3) is 0.263. The van der Waals surface area contributed by atoms with E-state index in [1.165, 1.54) is 0 Å². The first-order chi connectivity index (χ1) is 11.7. The van der Waals surface area contributed by atoms with E-state index in [1.807, 2.05) is 12.1 Å². The molecule has 2 aromatic rings. The molecule has 1 heterocycles. The highest BCUT2D eigenvalue weighted by Crippen LogP contribution is 2.22. The van der Waals surface area contributed by atoms with E-state index in [0.717, 1.165) is 0 Å². The highest BCUT2D eigenvalue weighted by Gasteiger charge is 2.29. The second-order valence-electron chi connectivity index (χ2n) is 5.50. The quantitative estimate of drug-likeness (QED) is 0.790. The Labute approximate surface area is 140 Å². The molecule has 5 nitrogen and oxygen atoms in total. The van der Waals surface area contributed by atoms with Crippen LogP contribution < -0.4 is 0 Å². The number of ether oxygens (including phenoxy) is 3. The maximum atomic E-state index is 12.0. The molecule has 3 rings (SSSR count). The van der Waals surface area contributed by atoms with Gasteiger partial charge in [-0.25, -0.2) is 9.59 Å². The fourth-order valence-corrected chi connectivity index (χ4v) is 2.47. The molecule has 0 N–H and O–H groups in total. The van der Waals surface area contributed by atoms with Gasteiger partial charge < -0.3 is 14.2 Å². The summed E-state index contributed by atoms with van der Waals surface area (Å²) >= 11 is 0. The van der Waals surface area contributed by atoms with Crippen molar-refractivity contribution in [1.29, 1.82) is 0 Å². The van der Waals surface area contributed by atoms with Crippen molar-refractivity contribution in [2.24, 2.45) is 0 Å². The van der Waals surface area contributed by atoms with E-state index >= 15 is 0 Å². The maximum Gasteiger partial charge on any atom is 0.340 e. The Balaban J connectivity index is 1.44. The molecule has 124 valence electrons. The third kappa shape index (κ3) is 4.20. The van der Waals surface area contributed by atoms with Crippen LogP contribution in [0.2, 0.25) is 0 Å². The molecule has 5 heteroatoms. The Hall–Kier alpha value is -2.66. The number of rotatable bonds is 5. The Bertz CT molecular complexity index is 683. The molecule has 1 fully saturated rings. The van der Waals surface area contributed by atoms with Gasteiger partial charge in [-0.1, -0.05) is 36.4 Å². The van der Waals surface area contributed by atoms with Gasteiger partial charge >= 0.3 is 11.9 Å². The molecule has 1 aliphatic rings. The van der Waals surface area contributed by atoms with Gasteiger partial charge in [0.15, 0.2) is 0 Å². The Morgan fingerprint density at radius 1 is 0.875 bits per heavy atom. The van der Waals surface area contributed by atoms with Crippen molar-refractivity contribution in [3.63, 3.8) is 0 Å². The molecule has 1 saturated heterocycles. The normalized spacial score (nSPS) is 19.7. The second-order valence-corrected chi connectivity index (χ2v) is 5.50. The van der Waals surface area contributed by atoms with Crippen LogP contribution in [0, 0.1) is 0 Å². The zero-order valence-electron chi connectivity index (χ0n) is 13.1. The third-order valence-corrected chi connectivity index (χ3v) is 3.73. The summed E-state index contributed by atoms with van der Waals surface area (Å²) in [6.07, 6.45) is 0.408. The van der Waals surface area contributed by atoms with Crippen LogP contribution in [0.3, 0.4) is 0 Å². The zero-order chi connectivity index (χ0) is 16.8. The summed E-state index contributed by atoms with van der Waals surface area (Å²) in [6.45, 7) is 0.146. The second kappa shape index (κ2) is 7.75. The molecule has 0 amide bonds. The van der Waals surface area contributed by atoms with E-state index in [4.69, 9.17) is 14.2 Å². The molecule has 1 unspecified atom stereocenters. The topological polar surface area (TPSA) is 61.8 Å². The lowest BCUT2D eigenvalue weighted by molar-refractivity contribution is -0.112. The minimum absolute atomic E-state index is 0.146. The first-order valence-corrected chi connectivity index (χ1v) is 7.86. The average Bonchev–Trinajstić information content (AvgIpc) is 3.08. The number of esters is 2. The molecule has 1 aliphatic heterocycles. The van der Waals surface area contributed by atoms with Gasteiger partial charge in [0.25, 0.3) is 0 Å². The lowest BCUT2D eigenvalue weighted by Crippen LogP contribution is -2.22. The molecule has 0 spiro atoms. The van der Waals surface area contributed by atoms with Crippen LogP contribution in [0.1, 0.15) is 33.6 Å². The lowest BCUT2D eigenvalue weighted by Gasteiger charge is -2.14. The van der Waals surface area contributed by atoms with Crippen LogP contribution in [0.5, 0.6) is 0 Å². The Kier molecular flexibility index (Phi) is 5.23. The summed E-state index contributed by atoms with van der Waals surface area (Å²) in [5.41, 5.74) is 0.989. The van der Waals surface area contributed by atoms with Gasteiger partial charge in [-0.2, -0.15) is 0 Å². The molecule has 2 aromatic carbocycles. The van der Waals surface area contributed by atoms with Crippen molar-refractivity contribution in [2.45, 2.75) is 25.2 Å². The van der Waals surface area contributed by atoms with E-state index in [0.29, 0.717) is 24.0 Å². The fourth-order valence-electron chi connectivity index (χ4n) is 2.47. The third-order valence-electron chi connectivity index (χ3n) is 3.73. The van der Waals surface area contributed by atoms with E-state index in [-0.39, 0.29) is 18.7 Å². The van der Waals surface area contributed by atoms with E-state index in [1.54, 1.807) is 48.5 Å². The van der Waals surface area contributed by atoms with Crippen LogP contribution in [0.25, 0.3) is 0 Å². The Morgan fingerprint density at radius 2 is 1.46 bits per heavy atom. The van der Waals surface area contributed by atoms with E-state index in [9.17, 15) is 9.59 Å². The maximum absolute atomic E-state index is 12.0. The average molecular weight is 326 g/mol. The number of hydrogen-bond donors (Lipinski definition) is 0. The van der Waals surface area contributed by atoms with Gasteiger partial charge in [-0.15, -0.1) is 0 Å². The van der Waals surface area contributed by atoms with Gasteiger partial charge in [-0.3, -0.25) is 0 Å². The van der Waals surface area contributed by atoms with Crippen LogP contribution in [0.4, 0.5) is 0 Å². The summed E-state index contributed by atoms with van der Waals surface area (Å²) in [5.74, 6) is -0.800. The Morgan fingerprint density at radius 3 is 2.08 bits per heavy atom. The smallest absolute Gasteiger partial charge is 0.340 e. The summed E-state index contributed by atoms with van der Waals surface area (Å²) in [4.78, 5) is 23.9. The minimum atomic E-state index is -0.599. The molecule has 0 bridgehead atoms. The molecule has 0 radical (unpaired) electrons. The van der Waals surface area contributed by atoms with Gasteiger partial charge in [-0.05, 0) is 30.7 Å². The molecule has 0 aliphatic carbocycles. The van der Waals surface area contributed by atoms with Crippen molar-refractivity contribution >= 4 is 11.9 Å². The highest BCUT2D eigenvalue weighted by molar-refractivity contribution is 5.89. The number of carbonyl (C=O) groups is 2. The van der Waals surface area contributed by atoms with Crippen LogP contribution in [-0.2, 0) is 14.2 Å². The van der Waals surface area contributed by atoms with Crippen molar-refractivity contribution in [1.82, 2.24) is 0 Å². The predicted octanol–water partition coefficient (Wildman–Crippen LogP) is 3.21. The molecular formula is C19H18O5. The summed E-state index contributed by atoms with van der Waals surface area (Å²) in [7, 11) is 0. The SMILES string of the molecule is O=C(OC[C@@H]1CCC(OC(=O)c2ccccc2)O1)c1ccccc1. The van der Waals surface area contributed by atoms with Gasteiger partial charge in [0.05, 0.1) is 17.2 Å². The molecule has 0 aromatic heterocycles. The molecule has 0 saturated carbocycles. The molecular weight excluding hydrogens is 308 g/mol. The molecule has 2 atom stereocenters. The minimum Gasteiger partial charge on any atom is -0.459 e. The van der Waals surface area contributed by atoms with Crippen molar-refractivity contribution in [3.05, 3.63) is 71.8 Å². The highest BCUT2D eigenvalue weighted by atomic mass is 16.7. The van der Waals surface area contributed by atoms with Crippen molar-refractivity contribution < 1.29 is 23.8 Å². The van der Waals surface area contributed by atoms with Crippen LogP contribution in [0.15, 0.2) is 60.7 Å². The number of benzene rings is 2. The van der Waals surface area contributed by atoms with Gasteiger partial charge in [0.1, 0.15) is 6.61 Å². The standard InChI is InChI=1S/C19H18O5/c20-18(14-7-3-1-4-8-14)22-13-16-11-12-17(23-16)24-19(21)15-9-5-2-6-10-15/h1-10,16-17H,11-13H2/t16-,17?/m0/s1. The molecule has 24 heavy (non-hydrogen) atoms. The summed E-state index contributed by atoms with van der Waals surface area (Å²) in [5, 5.41) is 0. The monoisotopic (exact) mass is 326 g/mol. The first kappa shape index (κ1) is 16.2. The summed E-state index contributed by atoms with van der Waals surface area (Å²) < 4.78 is 16.2. The van der Waals surface area contributed by atoms with Crippen LogP contribution >= 0.6 is 0 Å². The van der Waals surface area contributed by atoms with E-state index < -0.39 is 12.3 Å². The summed E-state index contributed by atoms with van der Waals surface area (Å²) in [6, 6.07) is 17.6. The van der Waals surface area contributed by atoms with Crippen molar-refractivity contribution in [3.8, 4) is 0 Å². The van der Waals surface area contributed by atoms with E-state index in [2.05, 4.69) is 0 Å². The van der Waals surface area contributed by atoms with Gasteiger partial charge in [0, 0.05) is 6.42 Å². The number of carbonyl (C=O) groups excluding carboxylic acids is 2. The van der Waals surface area contributed by atoms with Crippen LogP contribution in [-0.4, -0.2) is 30.9 Å². The predicted molar refractivity (Wildman–Crippen MR) is 86.5 cm³/mol.